The number of nitrogens with zero attached hydrogens (tertiary/aromatic N) is 1. The van der Waals surface area contributed by atoms with Crippen LogP contribution in [0.25, 0.3) is 0 Å². The Bertz CT molecular complexity index is 679. The largest absolute Gasteiger partial charge is 0.378 e. The molecule has 0 bridgehead atoms. The van der Waals surface area contributed by atoms with Crippen LogP contribution in [0.1, 0.15) is 18.5 Å². The first kappa shape index (κ1) is 13.5. The van der Waals surface area contributed by atoms with Gasteiger partial charge in [0.15, 0.2) is 0 Å². The summed E-state index contributed by atoms with van der Waals surface area (Å²) in [5.74, 6) is 0. The fourth-order valence-electron chi connectivity index (χ4n) is 1.84. The number of hydrogen-bond acceptors (Lipinski definition) is 5. The number of nitrogens with one attached hydrogen (secondary N) is 2. The van der Waals surface area contributed by atoms with Gasteiger partial charge in [-0.05, 0) is 25.0 Å². The van der Waals surface area contributed by atoms with Gasteiger partial charge in [-0.1, -0.05) is 12.1 Å². The molecule has 0 aliphatic heterocycles. The number of anilines is 1. The molecule has 0 atom stereocenters. The van der Waals surface area contributed by atoms with Gasteiger partial charge >= 0.3 is 0 Å². The summed E-state index contributed by atoms with van der Waals surface area (Å²) >= 11 is 1.52. The molecule has 0 radical (unpaired) electrons. The van der Waals surface area contributed by atoms with E-state index in [9.17, 15) is 8.42 Å². The number of thiazole rings is 1. The molecule has 1 saturated carbocycles. The third kappa shape index (κ3) is 3.17. The van der Waals surface area contributed by atoms with Crippen LogP contribution in [0, 0.1) is 0 Å². The molecule has 2 aromatic rings. The normalized spacial score (nSPS) is 15.2. The lowest BCUT2D eigenvalue weighted by molar-refractivity contribution is 0.581. The Labute approximate surface area is 122 Å². The molecule has 0 saturated heterocycles. The molecule has 1 aromatic carbocycles. The highest BCUT2D eigenvalue weighted by Gasteiger charge is 2.29. The highest BCUT2D eigenvalue weighted by atomic mass is 32.2. The van der Waals surface area contributed by atoms with E-state index in [0.29, 0.717) is 17.1 Å². The molecular weight excluding hydrogens is 294 g/mol. The first-order valence-corrected chi connectivity index (χ1v) is 8.80. The molecule has 1 aliphatic carbocycles. The Morgan fingerprint density at radius 2 is 2.10 bits per heavy atom. The molecule has 1 aliphatic rings. The van der Waals surface area contributed by atoms with Crippen LogP contribution in [0.3, 0.4) is 0 Å². The van der Waals surface area contributed by atoms with Gasteiger partial charge < -0.3 is 5.32 Å². The van der Waals surface area contributed by atoms with Crippen LogP contribution in [0.5, 0.6) is 0 Å². The summed E-state index contributed by atoms with van der Waals surface area (Å²) in [7, 11) is -3.45. The van der Waals surface area contributed by atoms with E-state index in [1.165, 1.54) is 11.3 Å². The number of para-hydroxylation sites is 1. The minimum Gasteiger partial charge on any atom is -0.378 e. The molecular formula is C13H15N3O2S2. The summed E-state index contributed by atoms with van der Waals surface area (Å²) in [4.78, 5) is 4.47. The predicted molar refractivity (Wildman–Crippen MR) is 79.2 cm³/mol. The Morgan fingerprint density at radius 1 is 1.30 bits per heavy atom. The fourth-order valence-corrected chi connectivity index (χ4v) is 3.89. The van der Waals surface area contributed by atoms with Gasteiger partial charge in [-0.15, -0.1) is 11.3 Å². The van der Waals surface area contributed by atoms with Gasteiger partial charge in [0.25, 0.3) is 0 Å². The minimum absolute atomic E-state index is 0.103. The van der Waals surface area contributed by atoms with E-state index in [4.69, 9.17) is 0 Å². The lowest BCUT2D eigenvalue weighted by atomic mass is 10.3. The molecule has 7 heteroatoms. The second-order valence-corrected chi connectivity index (χ2v) is 7.13. The van der Waals surface area contributed by atoms with Crippen molar-refractivity contribution in [2.75, 3.05) is 5.32 Å². The number of sulfonamides is 1. The zero-order valence-corrected chi connectivity index (χ0v) is 12.4. The zero-order chi connectivity index (χ0) is 14.0. The minimum atomic E-state index is -3.45. The van der Waals surface area contributed by atoms with Crippen LogP contribution in [-0.2, 0) is 16.6 Å². The molecule has 0 spiro atoms. The molecule has 20 heavy (non-hydrogen) atoms. The van der Waals surface area contributed by atoms with Gasteiger partial charge in [-0.2, -0.15) is 0 Å². The maximum absolute atomic E-state index is 12.3. The van der Waals surface area contributed by atoms with Gasteiger partial charge in [0.1, 0.15) is 4.90 Å². The Morgan fingerprint density at radius 3 is 2.80 bits per heavy atom. The summed E-state index contributed by atoms with van der Waals surface area (Å²) in [6.07, 6.45) is 1.85. The van der Waals surface area contributed by atoms with Gasteiger partial charge in [0.2, 0.25) is 10.0 Å². The predicted octanol–water partition coefficient (Wildman–Crippen LogP) is 2.20. The van der Waals surface area contributed by atoms with Gasteiger partial charge in [0.05, 0.1) is 23.4 Å². The monoisotopic (exact) mass is 309 g/mol. The average Bonchev–Trinajstić information content (AvgIpc) is 3.07. The zero-order valence-electron chi connectivity index (χ0n) is 10.7. The molecule has 1 fully saturated rings. The first-order valence-electron chi connectivity index (χ1n) is 6.37. The fraction of sp³-hybridized carbons (Fsp3) is 0.308. The second-order valence-electron chi connectivity index (χ2n) is 4.73. The highest BCUT2D eigenvalue weighted by Crippen LogP contribution is 2.26. The van der Waals surface area contributed by atoms with Crippen molar-refractivity contribution in [2.45, 2.75) is 30.3 Å². The molecule has 2 N–H and O–H groups in total. The number of benzene rings is 1. The van der Waals surface area contributed by atoms with Gasteiger partial charge in [-0.3, -0.25) is 0 Å². The molecule has 0 amide bonds. The van der Waals surface area contributed by atoms with Crippen molar-refractivity contribution in [2.24, 2.45) is 0 Å². The van der Waals surface area contributed by atoms with Crippen LogP contribution in [-0.4, -0.2) is 19.4 Å². The lowest BCUT2D eigenvalue weighted by Crippen LogP contribution is -2.26. The molecule has 0 unspecified atom stereocenters. The lowest BCUT2D eigenvalue weighted by Gasteiger charge is -2.12. The van der Waals surface area contributed by atoms with E-state index < -0.39 is 10.0 Å². The second kappa shape index (κ2) is 5.51. The third-order valence-electron chi connectivity index (χ3n) is 3.02. The van der Waals surface area contributed by atoms with E-state index in [-0.39, 0.29) is 6.04 Å². The molecule has 1 aromatic heterocycles. The van der Waals surface area contributed by atoms with E-state index >= 15 is 0 Å². The summed E-state index contributed by atoms with van der Waals surface area (Å²) in [5, 5.41) is 5.08. The third-order valence-corrected chi connectivity index (χ3v) is 5.23. The molecule has 3 rings (SSSR count). The van der Waals surface area contributed by atoms with Crippen LogP contribution in [0.4, 0.5) is 5.69 Å². The number of hydrogen-bond donors (Lipinski definition) is 2. The number of aromatic nitrogens is 1. The standard InChI is InChI=1S/C13H15N3O2S2/c17-20(18,16-10-5-6-10)13-4-2-1-3-12(13)14-7-11-8-19-9-15-11/h1-4,8-10,14,16H,5-7H2. The maximum Gasteiger partial charge on any atom is 0.242 e. The van der Waals surface area contributed by atoms with Crippen molar-refractivity contribution >= 4 is 27.0 Å². The van der Waals surface area contributed by atoms with E-state index in [1.807, 2.05) is 11.4 Å². The van der Waals surface area contributed by atoms with Crippen molar-refractivity contribution in [3.05, 3.63) is 40.8 Å². The van der Waals surface area contributed by atoms with E-state index in [0.717, 1.165) is 18.5 Å². The maximum atomic E-state index is 12.3. The SMILES string of the molecule is O=S(=O)(NC1CC1)c1ccccc1NCc1cscn1. The van der Waals surface area contributed by atoms with Crippen LogP contribution >= 0.6 is 11.3 Å². The summed E-state index contributed by atoms with van der Waals surface area (Å²) in [6, 6.07) is 7.04. The van der Waals surface area contributed by atoms with Crippen molar-refractivity contribution in [3.8, 4) is 0 Å². The summed E-state index contributed by atoms with van der Waals surface area (Å²) in [5.41, 5.74) is 3.26. The quantitative estimate of drug-likeness (QED) is 0.858. The number of rotatable bonds is 6. The summed E-state index contributed by atoms with van der Waals surface area (Å²) < 4.78 is 27.3. The van der Waals surface area contributed by atoms with Crippen molar-refractivity contribution in [1.29, 1.82) is 0 Å². The van der Waals surface area contributed by atoms with Crippen LogP contribution in [0.15, 0.2) is 40.1 Å². The average molecular weight is 309 g/mol. The molecule has 106 valence electrons. The summed E-state index contributed by atoms with van der Waals surface area (Å²) in [6.45, 7) is 0.513. The Balaban J connectivity index is 1.80. The van der Waals surface area contributed by atoms with Crippen LogP contribution in [0.2, 0.25) is 0 Å². The van der Waals surface area contributed by atoms with Crippen molar-refractivity contribution < 1.29 is 8.42 Å². The highest BCUT2D eigenvalue weighted by molar-refractivity contribution is 7.89. The Hall–Kier alpha value is -1.44. The van der Waals surface area contributed by atoms with Crippen molar-refractivity contribution in [1.82, 2.24) is 9.71 Å². The topological polar surface area (TPSA) is 71.1 Å². The van der Waals surface area contributed by atoms with E-state index in [1.54, 1.807) is 23.7 Å². The van der Waals surface area contributed by atoms with Crippen LogP contribution < -0.4 is 10.0 Å². The van der Waals surface area contributed by atoms with E-state index in [2.05, 4.69) is 15.0 Å². The first-order chi connectivity index (χ1) is 9.65. The van der Waals surface area contributed by atoms with Gasteiger partial charge in [0, 0.05) is 11.4 Å². The van der Waals surface area contributed by atoms with Crippen molar-refractivity contribution in [3.63, 3.8) is 0 Å². The van der Waals surface area contributed by atoms with Gasteiger partial charge in [-0.25, -0.2) is 18.1 Å². The smallest absolute Gasteiger partial charge is 0.242 e. The Kier molecular flexibility index (Phi) is 3.73. The molecule has 1 heterocycles. The molecule has 5 nitrogen and oxygen atoms in total.